The number of hydrogen-bond acceptors (Lipinski definition) is 3. The Hall–Kier alpha value is -2.30. The van der Waals surface area contributed by atoms with Crippen molar-refractivity contribution in [1.82, 2.24) is 10.3 Å². The Balaban J connectivity index is 1.52. The molecule has 0 saturated heterocycles. The fraction of sp³-hybridized carbons (Fsp3) is 0.667. The van der Waals surface area contributed by atoms with Gasteiger partial charge in [0.25, 0.3) is 0 Å². The van der Waals surface area contributed by atoms with Crippen LogP contribution in [0.25, 0.3) is 10.9 Å². The zero-order valence-electron chi connectivity index (χ0n) is 22.2. The highest BCUT2D eigenvalue weighted by Gasteiger charge is 2.23. The fourth-order valence-corrected chi connectivity index (χ4v) is 4.78. The molecule has 1 aromatic carbocycles. The van der Waals surface area contributed by atoms with Gasteiger partial charge in [-0.2, -0.15) is 0 Å². The number of aromatic amines is 1. The summed E-state index contributed by atoms with van der Waals surface area (Å²) in [6.45, 7) is 2.27. The topological polar surface area (TPSA) is 71.2 Å². The molecule has 196 valence electrons. The van der Waals surface area contributed by atoms with Crippen LogP contribution in [0.1, 0.15) is 115 Å². The lowest BCUT2D eigenvalue weighted by molar-refractivity contribution is -0.145. The third-order valence-electron chi connectivity index (χ3n) is 6.93. The van der Waals surface area contributed by atoms with E-state index in [9.17, 15) is 9.59 Å². The second-order valence-electron chi connectivity index (χ2n) is 9.91. The number of unbranched alkanes of at least 4 members (excludes halogenated alkanes) is 14. The molecule has 0 spiro atoms. The molecule has 0 aliphatic rings. The minimum absolute atomic E-state index is 0.0741. The van der Waals surface area contributed by atoms with Crippen molar-refractivity contribution in [2.45, 2.75) is 122 Å². The number of esters is 1. The Morgan fingerprint density at radius 3 is 1.94 bits per heavy atom. The van der Waals surface area contributed by atoms with Gasteiger partial charge in [-0.15, -0.1) is 0 Å². The number of nitrogens with one attached hydrogen (secondary N) is 2. The maximum absolute atomic E-state index is 12.5. The van der Waals surface area contributed by atoms with Gasteiger partial charge in [0.2, 0.25) is 5.91 Å². The summed E-state index contributed by atoms with van der Waals surface area (Å²) in [5.41, 5.74) is 2.03. The predicted molar refractivity (Wildman–Crippen MR) is 145 cm³/mol. The summed E-state index contributed by atoms with van der Waals surface area (Å²) in [5.74, 6) is -0.477. The van der Waals surface area contributed by atoms with Crippen molar-refractivity contribution in [3.63, 3.8) is 0 Å². The largest absolute Gasteiger partial charge is 0.467 e. The van der Waals surface area contributed by atoms with E-state index in [2.05, 4.69) is 17.2 Å². The maximum atomic E-state index is 12.5. The van der Waals surface area contributed by atoms with Gasteiger partial charge in [0, 0.05) is 29.9 Å². The predicted octanol–water partition coefficient (Wildman–Crippen LogP) is 7.63. The van der Waals surface area contributed by atoms with Gasteiger partial charge in [0.15, 0.2) is 0 Å². The number of aromatic nitrogens is 1. The van der Waals surface area contributed by atoms with Crippen LogP contribution >= 0.6 is 0 Å². The van der Waals surface area contributed by atoms with E-state index >= 15 is 0 Å². The molecule has 1 amide bonds. The molecule has 2 N–H and O–H groups in total. The molecule has 0 fully saturated rings. The van der Waals surface area contributed by atoms with Crippen LogP contribution < -0.4 is 5.32 Å². The molecule has 0 aliphatic carbocycles. The second kappa shape index (κ2) is 18.0. The maximum Gasteiger partial charge on any atom is 0.328 e. The van der Waals surface area contributed by atoms with Crippen LogP contribution in [-0.2, 0) is 20.7 Å². The fourth-order valence-electron chi connectivity index (χ4n) is 4.78. The molecule has 2 rings (SSSR count). The van der Waals surface area contributed by atoms with E-state index in [4.69, 9.17) is 4.74 Å². The van der Waals surface area contributed by atoms with Crippen molar-refractivity contribution >= 4 is 22.8 Å². The molecule has 1 heterocycles. The van der Waals surface area contributed by atoms with Crippen LogP contribution in [0.3, 0.4) is 0 Å². The highest BCUT2D eigenvalue weighted by atomic mass is 16.5. The van der Waals surface area contributed by atoms with E-state index in [0.29, 0.717) is 12.8 Å². The van der Waals surface area contributed by atoms with Gasteiger partial charge in [-0.3, -0.25) is 4.79 Å². The van der Waals surface area contributed by atoms with E-state index in [1.165, 1.54) is 90.6 Å². The highest BCUT2D eigenvalue weighted by molar-refractivity contribution is 5.87. The monoisotopic (exact) mass is 484 g/mol. The first-order valence-electron chi connectivity index (χ1n) is 14.1. The van der Waals surface area contributed by atoms with Gasteiger partial charge in [-0.1, -0.05) is 115 Å². The van der Waals surface area contributed by atoms with E-state index < -0.39 is 12.0 Å². The molecular weight excluding hydrogens is 436 g/mol. The van der Waals surface area contributed by atoms with E-state index in [-0.39, 0.29) is 5.91 Å². The number of amides is 1. The van der Waals surface area contributed by atoms with Crippen LogP contribution in [0.5, 0.6) is 0 Å². The highest BCUT2D eigenvalue weighted by Crippen LogP contribution is 2.19. The lowest BCUT2D eigenvalue weighted by atomic mass is 10.0. The molecule has 0 saturated carbocycles. The second-order valence-corrected chi connectivity index (χ2v) is 9.91. The molecule has 35 heavy (non-hydrogen) atoms. The standard InChI is InChI=1S/C30H48N2O3/c1-3-4-5-6-7-8-9-10-11-12-13-14-15-16-17-22-29(33)32-28(30(34)35-2)23-25-24-31-27-21-19-18-20-26(25)27/h18-21,24,28,31H,3-17,22-23H2,1-2H3,(H,32,33)/t28-/m0/s1. The molecule has 1 aromatic heterocycles. The third-order valence-corrected chi connectivity index (χ3v) is 6.93. The number of carbonyl (C=O) groups excluding carboxylic acids is 2. The van der Waals surface area contributed by atoms with Gasteiger partial charge in [0.1, 0.15) is 6.04 Å². The molecule has 0 aliphatic heterocycles. The minimum atomic E-state index is -0.664. The van der Waals surface area contributed by atoms with Crippen molar-refractivity contribution in [1.29, 1.82) is 0 Å². The number of fused-ring (bicyclic) bond motifs is 1. The Bertz CT molecular complexity index is 845. The van der Waals surface area contributed by atoms with Gasteiger partial charge in [-0.05, 0) is 18.1 Å². The molecule has 5 heteroatoms. The van der Waals surface area contributed by atoms with Crippen LogP contribution in [-0.4, -0.2) is 30.0 Å². The van der Waals surface area contributed by atoms with E-state index in [1.54, 1.807) is 0 Å². The van der Waals surface area contributed by atoms with Crippen molar-refractivity contribution in [2.24, 2.45) is 0 Å². The van der Waals surface area contributed by atoms with Crippen molar-refractivity contribution < 1.29 is 14.3 Å². The summed E-state index contributed by atoms with van der Waals surface area (Å²) < 4.78 is 4.94. The smallest absolute Gasteiger partial charge is 0.328 e. The van der Waals surface area contributed by atoms with Crippen molar-refractivity contribution in [2.75, 3.05) is 7.11 Å². The number of rotatable bonds is 20. The first-order valence-corrected chi connectivity index (χ1v) is 14.1. The number of H-pyrrole nitrogens is 1. The first kappa shape index (κ1) is 28.9. The van der Waals surface area contributed by atoms with E-state index in [0.717, 1.165) is 29.3 Å². The number of carbonyl (C=O) groups is 2. The van der Waals surface area contributed by atoms with E-state index in [1.807, 2.05) is 30.5 Å². The van der Waals surface area contributed by atoms with Gasteiger partial charge in [-0.25, -0.2) is 4.79 Å². The molecule has 1 atom stereocenters. The number of methoxy groups -OCH3 is 1. The Morgan fingerprint density at radius 2 is 1.37 bits per heavy atom. The lowest BCUT2D eigenvalue weighted by Gasteiger charge is -2.16. The number of benzene rings is 1. The number of para-hydroxylation sites is 1. The average molecular weight is 485 g/mol. The Kier molecular flexibility index (Phi) is 14.9. The van der Waals surface area contributed by atoms with Crippen LogP contribution in [0.15, 0.2) is 30.5 Å². The Labute approximate surface area is 212 Å². The van der Waals surface area contributed by atoms with Gasteiger partial charge in [0.05, 0.1) is 7.11 Å². The molecule has 0 bridgehead atoms. The summed E-state index contributed by atoms with van der Waals surface area (Å²) in [6, 6.07) is 7.30. The zero-order chi connectivity index (χ0) is 25.1. The SMILES string of the molecule is CCCCCCCCCCCCCCCCCC(=O)N[C@@H](Cc1c[nH]c2ccccc12)C(=O)OC. The normalized spacial score (nSPS) is 12.1. The minimum Gasteiger partial charge on any atom is -0.467 e. The summed E-state index contributed by atoms with van der Waals surface area (Å²) in [5, 5.41) is 3.96. The molecular formula is C30H48N2O3. The quantitative estimate of drug-likeness (QED) is 0.150. The lowest BCUT2D eigenvalue weighted by Crippen LogP contribution is -2.42. The van der Waals surface area contributed by atoms with Crippen LogP contribution in [0.4, 0.5) is 0 Å². The van der Waals surface area contributed by atoms with Crippen LogP contribution in [0, 0.1) is 0 Å². The summed E-state index contributed by atoms with van der Waals surface area (Å²) in [7, 11) is 1.37. The molecule has 0 unspecified atom stereocenters. The van der Waals surface area contributed by atoms with Crippen molar-refractivity contribution in [3.8, 4) is 0 Å². The number of ether oxygens (including phenoxy) is 1. The molecule has 0 radical (unpaired) electrons. The van der Waals surface area contributed by atoms with Gasteiger partial charge < -0.3 is 15.0 Å². The van der Waals surface area contributed by atoms with Gasteiger partial charge >= 0.3 is 5.97 Å². The van der Waals surface area contributed by atoms with Crippen LogP contribution in [0.2, 0.25) is 0 Å². The average Bonchev–Trinajstić information content (AvgIpc) is 3.28. The zero-order valence-corrected chi connectivity index (χ0v) is 22.2. The molecule has 2 aromatic rings. The first-order chi connectivity index (χ1) is 17.2. The summed E-state index contributed by atoms with van der Waals surface area (Å²) in [4.78, 5) is 28.0. The number of hydrogen-bond donors (Lipinski definition) is 2. The molecule has 5 nitrogen and oxygen atoms in total. The Morgan fingerprint density at radius 1 is 0.829 bits per heavy atom. The third kappa shape index (κ3) is 11.8. The summed E-state index contributed by atoms with van der Waals surface area (Å²) in [6.07, 6.45) is 22.3. The summed E-state index contributed by atoms with van der Waals surface area (Å²) >= 11 is 0. The van der Waals surface area contributed by atoms with Crippen molar-refractivity contribution in [3.05, 3.63) is 36.0 Å².